The van der Waals surface area contributed by atoms with Crippen molar-refractivity contribution >= 4 is 5.78 Å². The van der Waals surface area contributed by atoms with Crippen molar-refractivity contribution in [2.45, 2.75) is 58.8 Å². The SMILES string of the molecule is C1CCCC1.CCC(=O)CC. The fraction of sp³-hybridized carbons (Fsp3) is 0.900. The number of carbonyl (C=O) groups is 1. The van der Waals surface area contributed by atoms with Gasteiger partial charge < -0.3 is 0 Å². The molecule has 0 atom stereocenters. The van der Waals surface area contributed by atoms with E-state index in [1.54, 1.807) is 0 Å². The Morgan fingerprint density at radius 3 is 1.27 bits per heavy atom. The molecule has 1 nitrogen and oxygen atoms in total. The fourth-order valence-corrected chi connectivity index (χ4v) is 1.13. The summed E-state index contributed by atoms with van der Waals surface area (Å²) in [4.78, 5) is 10.2. The van der Waals surface area contributed by atoms with Gasteiger partial charge in [-0.25, -0.2) is 0 Å². The minimum absolute atomic E-state index is 0.343. The molecule has 0 bridgehead atoms. The molecule has 1 heteroatoms. The molecule has 0 aromatic heterocycles. The first-order valence-corrected chi connectivity index (χ1v) is 4.83. The zero-order valence-corrected chi connectivity index (χ0v) is 7.86. The van der Waals surface area contributed by atoms with E-state index in [0.29, 0.717) is 18.6 Å². The van der Waals surface area contributed by atoms with E-state index in [9.17, 15) is 4.79 Å². The van der Waals surface area contributed by atoms with Gasteiger partial charge in [0.2, 0.25) is 0 Å². The lowest BCUT2D eigenvalue weighted by molar-refractivity contribution is -0.118. The minimum atomic E-state index is 0.343. The molecule has 66 valence electrons. The monoisotopic (exact) mass is 156 g/mol. The maximum atomic E-state index is 10.2. The summed E-state index contributed by atoms with van der Waals surface area (Å²) < 4.78 is 0. The topological polar surface area (TPSA) is 17.1 Å². The van der Waals surface area contributed by atoms with Crippen LogP contribution in [0.3, 0.4) is 0 Å². The first-order chi connectivity index (χ1) is 5.31. The highest BCUT2D eigenvalue weighted by Gasteiger charge is 1.95. The molecule has 0 saturated heterocycles. The average molecular weight is 156 g/mol. The molecule has 0 N–H and O–H groups in total. The van der Waals surface area contributed by atoms with E-state index < -0.39 is 0 Å². The summed E-state index contributed by atoms with van der Waals surface area (Å²) in [7, 11) is 0. The Kier molecular flexibility index (Phi) is 7.54. The number of ketones is 1. The van der Waals surface area contributed by atoms with Gasteiger partial charge in [0.15, 0.2) is 0 Å². The van der Waals surface area contributed by atoms with Crippen molar-refractivity contribution in [3.63, 3.8) is 0 Å². The molecule has 0 aromatic carbocycles. The molecule has 11 heavy (non-hydrogen) atoms. The van der Waals surface area contributed by atoms with Crippen molar-refractivity contribution in [3.8, 4) is 0 Å². The molecule has 1 saturated carbocycles. The van der Waals surface area contributed by atoms with E-state index in [-0.39, 0.29) is 0 Å². The van der Waals surface area contributed by atoms with Crippen LogP contribution in [0.2, 0.25) is 0 Å². The van der Waals surface area contributed by atoms with Gasteiger partial charge in [-0.3, -0.25) is 4.79 Å². The van der Waals surface area contributed by atoms with Crippen molar-refractivity contribution < 1.29 is 4.79 Å². The van der Waals surface area contributed by atoms with Crippen molar-refractivity contribution in [1.82, 2.24) is 0 Å². The van der Waals surface area contributed by atoms with E-state index >= 15 is 0 Å². The maximum absolute atomic E-state index is 10.2. The molecule has 0 amide bonds. The van der Waals surface area contributed by atoms with Gasteiger partial charge >= 0.3 is 0 Å². The van der Waals surface area contributed by atoms with Gasteiger partial charge in [0.25, 0.3) is 0 Å². The molecular formula is C10H20O. The summed E-state index contributed by atoms with van der Waals surface area (Å²) >= 11 is 0. The first-order valence-electron chi connectivity index (χ1n) is 4.83. The van der Waals surface area contributed by atoms with Gasteiger partial charge in [0.05, 0.1) is 0 Å². The maximum Gasteiger partial charge on any atom is 0.132 e. The Balaban J connectivity index is 0.000000183. The van der Waals surface area contributed by atoms with Crippen LogP contribution in [0.4, 0.5) is 0 Å². The van der Waals surface area contributed by atoms with Crippen LogP contribution in [-0.4, -0.2) is 5.78 Å². The van der Waals surface area contributed by atoms with Crippen molar-refractivity contribution in [2.24, 2.45) is 0 Å². The van der Waals surface area contributed by atoms with E-state index in [2.05, 4.69) is 0 Å². The summed E-state index contributed by atoms with van der Waals surface area (Å²) in [5.41, 5.74) is 0. The molecule has 0 unspecified atom stereocenters. The van der Waals surface area contributed by atoms with E-state index in [4.69, 9.17) is 0 Å². The standard InChI is InChI=1S/C5H10O.C5H10/c1-3-5(6)4-2;1-2-4-5-3-1/h3-4H2,1-2H3;1-5H2. The normalized spacial score (nSPS) is 15.5. The Labute approximate surface area is 70.2 Å². The number of rotatable bonds is 2. The summed E-state index contributed by atoms with van der Waals surface area (Å²) in [6.07, 6.45) is 8.88. The Bertz CT molecular complexity index is 79.4. The predicted molar refractivity (Wildman–Crippen MR) is 48.7 cm³/mol. The number of hydrogen-bond acceptors (Lipinski definition) is 1. The fourth-order valence-electron chi connectivity index (χ4n) is 1.13. The minimum Gasteiger partial charge on any atom is -0.300 e. The third kappa shape index (κ3) is 7.57. The zero-order valence-electron chi connectivity index (χ0n) is 7.86. The lowest BCUT2D eigenvalue weighted by Gasteiger charge is -1.81. The second-order valence-corrected chi connectivity index (χ2v) is 3.01. The van der Waals surface area contributed by atoms with Crippen LogP contribution in [0.25, 0.3) is 0 Å². The van der Waals surface area contributed by atoms with E-state index in [0.717, 1.165) is 0 Å². The summed E-state index contributed by atoms with van der Waals surface area (Å²) in [5, 5.41) is 0. The van der Waals surface area contributed by atoms with E-state index in [1.807, 2.05) is 13.8 Å². The predicted octanol–water partition coefficient (Wildman–Crippen LogP) is 3.33. The largest absolute Gasteiger partial charge is 0.300 e. The molecule has 1 rings (SSSR count). The van der Waals surface area contributed by atoms with Crippen LogP contribution in [0.5, 0.6) is 0 Å². The van der Waals surface area contributed by atoms with Gasteiger partial charge in [0.1, 0.15) is 5.78 Å². The molecule has 1 fully saturated rings. The molecule has 0 spiro atoms. The molecular weight excluding hydrogens is 136 g/mol. The summed E-state index contributed by atoms with van der Waals surface area (Å²) in [6.45, 7) is 3.76. The summed E-state index contributed by atoms with van der Waals surface area (Å²) in [6, 6.07) is 0. The third-order valence-electron chi connectivity index (χ3n) is 2.04. The highest BCUT2D eigenvalue weighted by Crippen LogP contribution is 2.15. The first kappa shape index (κ1) is 10.7. The summed E-state index contributed by atoms with van der Waals surface area (Å²) in [5.74, 6) is 0.343. The van der Waals surface area contributed by atoms with Gasteiger partial charge in [-0.15, -0.1) is 0 Å². The second-order valence-electron chi connectivity index (χ2n) is 3.01. The van der Waals surface area contributed by atoms with Crippen LogP contribution < -0.4 is 0 Å². The molecule has 0 aromatic rings. The smallest absolute Gasteiger partial charge is 0.132 e. The Morgan fingerprint density at radius 1 is 0.909 bits per heavy atom. The molecule has 1 aliphatic rings. The highest BCUT2D eigenvalue weighted by molar-refractivity contribution is 5.77. The van der Waals surface area contributed by atoms with Gasteiger partial charge in [-0.1, -0.05) is 46.0 Å². The van der Waals surface area contributed by atoms with Gasteiger partial charge in [-0.05, 0) is 0 Å². The molecule has 0 aliphatic heterocycles. The van der Waals surface area contributed by atoms with Crippen LogP contribution in [0, 0.1) is 0 Å². The van der Waals surface area contributed by atoms with Crippen molar-refractivity contribution in [2.75, 3.05) is 0 Å². The zero-order chi connectivity index (χ0) is 8.53. The van der Waals surface area contributed by atoms with Crippen molar-refractivity contribution in [3.05, 3.63) is 0 Å². The number of hydrogen-bond donors (Lipinski definition) is 0. The quantitative estimate of drug-likeness (QED) is 0.599. The third-order valence-corrected chi connectivity index (χ3v) is 2.04. The second kappa shape index (κ2) is 7.77. The van der Waals surface area contributed by atoms with Gasteiger partial charge in [0, 0.05) is 12.8 Å². The molecule has 1 aliphatic carbocycles. The number of carbonyl (C=O) groups excluding carboxylic acids is 1. The molecule has 0 radical (unpaired) electrons. The Morgan fingerprint density at radius 2 is 1.18 bits per heavy atom. The average Bonchev–Trinajstić information content (AvgIpc) is 2.60. The number of Topliss-reactive ketones (excluding diaryl/α,β-unsaturated/α-hetero) is 1. The van der Waals surface area contributed by atoms with Crippen LogP contribution in [0.1, 0.15) is 58.8 Å². The Hall–Kier alpha value is -0.330. The van der Waals surface area contributed by atoms with E-state index in [1.165, 1.54) is 32.1 Å². The van der Waals surface area contributed by atoms with Crippen LogP contribution in [-0.2, 0) is 4.79 Å². The van der Waals surface area contributed by atoms with Gasteiger partial charge in [-0.2, -0.15) is 0 Å². The van der Waals surface area contributed by atoms with Crippen LogP contribution in [0.15, 0.2) is 0 Å². The van der Waals surface area contributed by atoms with Crippen LogP contribution >= 0.6 is 0 Å². The van der Waals surface area contributed by atoms with Crippen molar-refractivity contribution in [1.29, 1.82) is 0 Å². The lowest BCUT2D eigenvalue weighted by atomic mass is 10.3. The highest BCUT2D eigenvalue weighted by atomic mass is 16.1. The molecule has 0 heterocycles. The lowest BCUT2D eigenvalue weighted by Crippen LogP contribution is -1.88.